The number of fused-ring (bicyclic) bond motifs is 1. The topological polar surface area (TPSA) is 92.2 Å². The van der Waals surface area contributed by atoms with E-state index in [0.29, 0.717) is 25.0 Å². The Kier molecular flexibility index (Phi) is 7.20. The Morgan fingerprint density at radius 1 is 1.06 bits per heavy atom. The van der Waals surface area contributed by atoms with E-state index in [1.807, 2.05) is 54.9 Å². The molecule has 2 heterocycles. The minimum atomic E-state index is 0.0406. The Bertz CT molecular complexity index is 1150. The Balaban J connectivity index is 1.34. The van der Waals surface area contributed by atoms with E-state index in [1.165, 1.54) is 0 Å². The van der Waals surface area contributed by atoms with Crippen molar-refractivity contribution in [3.63, 3.8) is 0 Å². The number of benzene rings is 2. The normalized spacial score (nSPS) is 25.5. The third-order valence-corrected chi connectivity index (χ3v) is 7.12. The maximum atomic E-state index is 9.01. The number of hydrogen-bond acceptors (Lipinski definition) is 6. The van der Waals surface area contributed by atoms with Gasteiger partial charge in [-0.1, -0.05) is 36.4 Å². The van der Waals surface area contributed by atoms with Crippen molar-refractivity contribution in [2.75, 3.05) is 19.7 Å². The average Bonchev–Trinajstić information content (AvgIpc) is 3.22. The molecule has 0 aromatic heterocycles. The van der Waals surface area contributed by atoms with Crippen molar-refractivity contribution >= 4 is 12.1 Å². The molecule has 35 heavy (non-hydrogen) atoms. The number of nitrogens with one attached hydrogen (secondary N) is 1. The number of aliphatic imine (C=N–C) groups is 2. The lowest BCUT2D eigenvalue weighted by Crippen LogP contribution is -2.53. The van der Waals surface area contributed by atoms with Crippen LogP contribution in [0.3, 0.4) is 0 Å². The number of nitrogens with zero attached hydrogens (tertiary/aromatic N) is 3. The molecule has 7 heteroatoms. The van der Waals surface area contributed by atoms with Crippen LogP contribution in [0.25, 0.3) is 0 Å². The zero-order valence-electron chi connectivity index (χ0n) is 20.0. The summed E-state index contributed by atoms with van der Waals surface area (Å²) in [6.45, 7) is 2.32. The summed E-state index contributed by atoms with van der Waals surface area (Å²) < 4.78 is 6.11. The highest BCUT2D eigenvalue weighted by Crippen LogP contribution is 2.41. The van der Waals surface area contributed by atoms with Gasteiger partial charge in [0.05, 0.1) is 24.6 Å². The molecule has 2 aromatic rings. The first kappa shape index (κ1) is 23.6. The molecule has 5 rings (SSSR count). The molecule has 0 spiro atoms. The fourth-order valence-electron chi connectivity index (χ4n) is 5.20. The van der Waals surface area contributed by atoms with Crippen LogP contribution < -0.4 is 15.9 Å². The molecule has 1 fully saturated rings. The summed E-state index contributed by atoms with van der Waals surface area (Å²) in [7, 11) is 0. The van der Waals surface area contributed by atoms with Crippen LogP contribution in [0, 0.1) is 11.8 Å². The number of nitrogens with two attached hydrogens (primary N) is 1. The summed E-state index contributed by atoms with van der Waals surface area (Å²) in [5, 5.41) is 12.4. The van der Waals surface area contributed by atoms with Crippen LogP contribution in [-0.2, 0) is 6.61 Å². The summed E-state index contributed by atoms with van der Waals surface area (Å²) in [6, 6.07) is 18.2. The van der Waals surface area contributed by atoms with Gasteiger partial charge < -0.3 is 15.2 Å². The van der Waals surface area contributed by atoms with Gasteiger partial charge >= 0.3 is 0 Å². The first-order valence-corrected chi connectivity index (χ1v) is 12.5. The Labute approximate surface area is 206 Å². The number of quaternary nitrogens is 1. The first-order chi connectivity index (χ1) is 17.2. The number of ether oxygens (including phenoxy) is 1. The largest absolute Gasteiger partial charge is 0.489 e. The third-order valence-electron chi connectivity index (χ3n) is 7.12. The van der Waals surface area contributed by atoms with Gasteiger partial charge in [0.1, 0.15) is 24.3 Å². The number of hydrogen-bond donors (Lipinski definition) is 3. The fourth-order valence-corrected chi connectivity index (χ4v) is 5.20. The molecule has 0 bridgehead atoms. The second kappa shape index (κ2) is 10.7. The van der Waals surface area contributed by atoms with E-state index in [9.17, 15) is 0 Å². The van der Waals surface area contributed by atoms with Crippen molar-refractivity contribution in [3.05, 3.63) is 89.5 Å². The van der Waals surface area contributed by atoms with Crippen LogP contribution in [0.15, 0.2) is 88.4 Å². The van der Waals surface area contributed by atoms with Crippen molar-refractivity contribution in [2.24, 2.45) is 27.7 Å². The van der Waals surface area contributed by atoms with Gasteiger partial charge in [-0.15, -0.1) is 4.59 Å². The van der Waals surface area contributed by atoms with E-state index in [2.05, 4.69) is 22.4 Å². The van der Waals surface area contributed by atoms with Gasteiger partial charge in [0.15, 0.2) is 0 Å². The van der Waals surface area contributed by atoms with Gasteiger partial charge in [-0.3, -0.25) is 4.99 Å². The standard InChI is InChI=1S/C28H34N5O2/c29-33-15-13-30-19-26(33)27(23-11-9-21(10-12-23)18-31-14-16-34)32-28(33)24-7-4-8-25(17-24)35-20-22-5-2-1-3-6-22/h1-8,13,15,17,19,21,23,31,34H,9-12,14,16,18,20,29H2/q+1. The van der Waals surface area contributed by atoms with Crippen LogP contribution >= 0.6 is 0 Å². The zero-order chi connectivity index (χ0) is 24.1. The van der Waals surface area contributed by atoms with Crippen molar-refractivity contribution < 1.29 is 14.4 Å². The van der Waals surface area contributed by atoms with Gasteiger partial charge in [0, 0.05) is 12.5 Å². The quantitative estimate of drug-likeness (QED) is 0.293. The average molecular weight is 473 g/mol. The molecule has 2 aliphatic heterocycles. The highest BCUT2D eigenvalue weighted by molar-refractivity contribution is 6.00. The third kappa shape index (κ3) is 5.13. The molecule has 1 atom stereocenters. The maximum Gasteiger partial charge on any atom is 0.265 e. The molecule has 0 saturated heterocycles. The SMILES string of the molecule is N[N+]12C=CN=CC1=C(C1CCC(CNCCO)CC1)N=C2c1cccc(OCc2ccccc2)c1. The number of aliphatic hydroxyl groups is 1. The highest BCUT2D eigenvalue weighted by atomic mass is 16.5. The molecule has 0 amide bonds. The summed E-state index contributed by atoms with van der Waals surface area (Å²) in [4.78, 5) is 9.55. The molecule has 1 saturated carbocycles. The van der Waals surface area contributed by atoms with E-state index in [1.54, 1.807) is 6.20 Å². The Hall–Kier alpha value is -3.10. The van der Waals surface area contributed by atoms with E-state index in [0.717, 1.165) is 66.3 Å². The van der Waals surface area contributed by atoms with Crippen molar-refractivity contribution in [1.82, 2.24) is 5.32 Å². The summed E-state index contributed by atoms with van der Waals surface area (Å²) in [5.74, 6) is 9.56. The van der Waals surface area contributed by atoms with Gasteiger partial charge in [0.2, 0.25) is 5.70 Å². The van der Waals surface area contributed by atoms with Crippen molar-refractivity contribution in [2.45, 2.75) is 32.3 Å². The minimum absolute atomic E-state index is 0.0406. The predicted octanol–water partition coefficient (Wildman–Crippen LogP) is 3.87. The molecule has 182 valence electrons. The lowest BCUT2D eigenvalue weighted by atomic mass is 9.80. The number of amidine groups is 1. The van der Waals surface area contributed by atoms with Gasteiger partial charge in [-0.25, -0.2) is 0 Å². The number of aliphatic hydroxyl groups excluding tert-OH is 1. The van der Waals surface area contributed by atoms with E-state index >= 15 is 0 Å². The van der Waals surface area contributed by atoms with Crippen LogP contribution in [0.5, 0.6) is 5.75 Å². The first-order valence-electron chi connectivity index (χ1n) is 12.5. The van der Waals surface area contributed by atoms with Crippen LogP contribution in [0.4, 0.5) is 0 Å². The van der Waals surface area contributed by atoms with Crippen LogP contribution in [0.2, 0.25) is 0 Å². The molecular weight excluding hydrogens is 438 g/mol. The van der Waals surface area contributed by atoms with Gasteiger partial charge in [-0.2, -0.15) is 10.8 Å². The van der Waals surface area contributed by atoms with Crippen molar-refractivity contribution in [3.8, 4) is 5.75 Å². The minimum Gasteiger partial charge on any atom is -0.489 e. The zero-order valence-corrected chi connectivity index (χ0v) is 20.0. The Morgan fingerprint density at radius 3 is 2.69 bits per heavy atom. The highest BCUT2D eigenvalue weighted by Gasteiger charge is 2.46. The molecule has 3 aliphatic rings. The Morgan fingerprint density at radius 2 is 1.89 bits per heavy atom. The summed E-state index contributed by atoms with van der Waals surface area (Å²) in [6.07, 6.45) is 9.98. The summed E-state index contributed by atoms with van der Waals surface area (Å²) >= 11 is 0. The monoisotopic (exact) mass is 472 g/mol. The van der Waals surface area contributed by atoms with Gasteiger partial charge in [0.25, 0.3) is 5.84 Å². The smallest absolute Gasteiger partial charge is 0.265 e. The maximum absolute atomic E-state index is 9.01. The molecular formula is C28H34N5O2+. The predicted molar refractivity (Wildman–Crippen MR) is 138 cm³/mol. The number of allylic oxidation sites excluding steroid dienone is 2. The van der Waals surface area contributed by atoms with E-state index in [4.69, 9.17) is 20.7 Å². The molecule has 1 aliphatic carbocycles. The lowest BCUT2D eigenvalue weighted by molar-refractivity contribution is -0.750. The van der Waals surface area contributed by atoms with E-state index in [-0.39, 0.29) is 11.2 Å². The van der Waals surface area contributed by atoms with Crippen LogP contribution in [0.1, 0.15) is 36.8 Å². The molecule has 7 nitrogen and oxygen atoms in total. The second-order valence-corrected chi connectivity index (χ2v) is 9.51. The number of rotatable bonds is 9. The van der Waals surface area contributed by atoms with Gasteiger partial charge in [-0.05, 0) is 61.9 Å². The molecule has 0 radical (unpaired) electrons. The molecule has 4 N–H and O–H groups in total. The lowest BCUT2D eigenvalue weighted by Gasteiger charge is -2.29. The fraction of sp³-hybridized carbons (Fsp3) is 0.357. The molecule has 2 aromatic carbocycles. The molecule has 1 unspecified atom stereocenters. The van der Waals surface area contributed by atoms with Crippen molar-refractivity contribution in [1.29, 1.82) is 0 Å². The summed E-state index contributed by atoms with van der Waals surface area (Å²) in [5.41, 5.74) is 4.10. The van der Waals surface area contributed by atoms with E-state index < -0.39 is 0 Å². The second-order valence-electron chi connectivity index (χ2n) is 9.51. The van der Waals surface area contributed by atoms with Crippen LogP contribution in [-0.4, -0.2) is 41.4 Å².